The third-order valence-electron chi connectivity index (χ3n) is 2.73. The van der Waals surface area contributed by atoms with Gasteiger partial charge in [0, 0.05) is 17.6 Å². The molecule has 0 aromatic heterocycles. The standard InChI is InChI=1S/C15H27N3OSSi/c1-13(17-20(19)15(2,3)4)18-10-8-14(16-12-18)9-11-21(5,6)7/h8,10,13,17H,12H2,1-7H3. The monoisotopic (exact) mass is 325 g/mol. The van der Waals surface area contributed by atoms with Gasteiger partial charge in [-0.2, -0.15) is 0 Å². The first-order valence-corrected chi connectivity index (χ1v) is 11.8. The molecule has 6 heteroatoms. The summed E-state index contributed by atoms with van der Waals surface area (Å²) < 4.78 is 14.9. The van der Waals surface area contributed by atoms with Crippen molar-refractivity contribution in [3.63, 3.8) is 0 Å². The summed E-state index contributed by atoms with van der Waals surface area (Å²) in [5.41, 5.74) is 4.14. The zero-order valence-corrected chi connectivity index (χ0v) is 16.0. The van der Waals surface area contributed by atoms with E-state index in [4.69, 9.17) is 0 Å². The second kappa shape index (κ2) is 7.01. The maximum atomic E-state index is 12.1. The van der Waals surface area contributed by atoms with Gasteiger partial charge >= 0.3 is 0 Å². The van der Waals surface area contributed by atoms with Crippen LogP contribution in [0, 0.1) is 11.5 Å². The van der Waals surface area contributed by atoms with E-state index in [2.05, 4.69) is 40.8 Å². The van der Waals surface area contributed by atoms with Gasteiger partial charge in [0.2, 0.25) is 0 Å². The van der Waals surface area contributed by atoms with Gasteiger partial charge < -0.3 is 9.45 Å². The van der Waals surface area contributed by atoms with Gasteiger partial charge in [-0.3, -0.25) is 4.99 Å². The minimum atomic E-state index is -1.36. The fourth-order valence-electron chi connectivity index (χ4n) is 1.41. The summed E-state index contributed by atoms with van der Waals surface area (Å²) in [7, 11) is -1.36. The molecule has 0 aromatic rings. The third kappa shape index (κ3) is 6.70. The Hall–Kier alpha value is -0.743. The average Bonchev–Trinajstić information content (AvgIpc) is 2.35. The Bertz CT molecular complexity index is 480. The van der Waals surface area contributed by atoms with Crippen molar-refractivity contribution in [3.8, 4) is 11.5 Å². The number of allylic oxidation sites excluding steroid dienone is 1. The van der Waals surface area contributed by atoms with Crippen molar-refractivity contribution in [2.75, 3.05) is 6.67 Å². The summed E-state index contributed by atoms with van der Waals surface area (Å²) in [6, 6.07) is 0. The second-order valence-corrected chi connectivity index (χ2v) is 13.9. The van der Waals surface area contributed by atoms with Crippen LogP contribution in [0.25, 0.3) is 0 Å². The smallest absolute Gasteiger partial charge is 0.137 e. The fraction of sp³-hybridized carbons (Fsp3) is 0.667. The van der Waals surface area contributed by atoms with Gasteiger partial charge in [0.05, 0.1) is 0 Å². The lowest BCUT2D eigenvalue weighted by atomic mass is 10.3. The van der Waals surface area contributed by atoms with Crippen LogP contribution in [0.5, 0.6) is 0 Å². The first-order chi connectivity index (χ1) is 9.49. The highest BCUT2D eigenvalue weighted by Gasteiger charge is 2.29. The van der Waals surface area contributed by atoms with Crippen molar-refractivity contribution >= 4 is 25.1 Å². The highest BCUT2D eigenvalue weighted by atomic mass is 32.2. The molecule has 21 heavy (non-hydrogen) atoms. The Labute approximate surface area is 133 Å². The van der Waals surface area contributed by atoms with Gasteiger partial charge in [-0.05, 0) is 33.8 Å². The Morgan fingerprint density at radius 1 is 1.43 bits per heavy atom. The van der Waals surface area contributed by atoms with E-state index in [0.717, 1.165) is 5.71 Å². The molecule has 1 aliphatic heterocycles. The third-order valence-corrected chi connectivity index (χ3v) is 5.27. The predicted molar refractivity (Wildman–Crippen MR) is 94.9 cm³/mol. The Morgan fingerprint density at radius 3 is 2.48 bits per heavy atom. The average molecular weight is 326 g/mol. The molecule has 0 saturated carbocycles. The van der Waals surface area contributed by atoms with Crippen LogP contribution in [0.15, 0.2) is 17.3 Å². The van der Waals surface area contributed by atoms with Crippen molar-refractivity contribution in [1.29, 1.82) is 0 Å². The minimum absolute atomic E-state index is 0.0310. The number of rotatable bonds is 3. The molecule has 0 bridgehead atoms. The van der Waals surface area contributed by atoms with Gasteiger partial charge in [-0.15, -0.1) is 10.3 Å². The summed E-state index contributed by atoms with van der Waals surface area (Å²) >= 11 is -1.09. The maximum absolute atomic E-state index is 12.1. The summed E-state index contributed by atoms with van der Waals surface area (Å²) in [6.07, 6.45) is 3.87. The van der Waals surface area contributed by atoms with E-state index in [1.807, 2.05) is 44.9 Å². The van der Waals surface area contributed by atoms with E-state index < -0.39 is 19.4 Å². The van der Waals surface area contributed by atoms with Crippen molar-refractivity contribution in [2.24, 2.45) is 4.99 Å². The largest absolute Gasteiger partial charge is 0.598 e. The number of aliphatic imine (C=N–C) groups is 1. The lowest BCUT2D eigenvalue weighted by molar-refractivity contribution is 0.283. The zero-order valence-electron chi connectivity index (χ0n) is 14.2. The van der Waals surface area contributed by atoms with Gasteiger partial charge in [-0.1, -0.05) is 25.6 Å². The van der Waals surface area contributed by atoms with Crippen LogP contribution in [-0.4, -0.2) is 40.8 Å². The van der Waals surface area contributed by atoms with Crippen LogP contribution in [0.4, 0.5) is 0 Å². The normalized spacial score (nSPS) is 18.7. The number of nitrogens with zero attached hydrogens (tertiary/aromatic N) is 2. The molecule has 0 saturated heterocycles. The highest BCUT2D eigenvalue weighted by Crippen LogP contribution is 2.15. The minimum Gasteiger partial charge on any atom is -0.598 e. The van der Waals surface area contributed by atoms with Crippen LogP contribution in [0.3, 0.4) is 0 Å². The molecule has 1 N–H and O–H groups in total. The first kappa shape index (κ1) is 18.3. The van der Waals surface area contributed by atoms with E-state index >= 15 is 0 Å². The van der Waals surface area contributed by atoms with Gasteiger partial charge in [0.15, 0.2) is 0 Å². The van der Waals surface area contributed by atoms with E-state index in [1.54, 1.807) is 0 Å². The number of nitrogens with one attached hydrogen (secondary N) is 1. The van der Waals surface area contributed by atoms with Gasteiger partial charge in [0.25, 0.3) is 0 Å². The van der Waals surface area contributed by atoms with Gasteiger partial charge in [0.1, 0.15) is 31.4 Å². The molecule has 0 amide bonds. The molecular weight excluding hydrogens is 298 g/mol. The summed E-state index contributed by atoms with van der Waals surface area (Å²) in [5.74, 6) is 3.15. The molecule has 4 nitrogen and oxygen atoms in total. The molecule has 0 aliphatic carbocycles. The van der Waals surface area contributed by atoms with Crippen LogP contribution in [-0.2, 0) is 11.4 Å². The Morgan fingerprint density at radius 2 is 2.05 bits per heavy atom. The van der Waals surface area contributed by atoms with Crippen molar-refractivity contribution in [3.05, 3.63) is 12.3 Å². The molecule has 2 atom stereocenters. The quantitative estimate of drug-likeness (QED) is 0.493. The number of hydrogen-bond acceptors (Lipinski definition) is 4. The second-order valence-electron chi connectivity index (χ2n) is 7.19. The van der Waals surface area contributed by atoms with Crippen molar-refractivity contribution < 1.29 is 4.55 Å². The Balaban J connectivity index is 2.58. The van der Waals surface area contributed by atoms with Crippen LogP contribution < -0.4 is 4.72 Å². The molecule has 0 aromatic carbocycles. The van der Waals surface area contributed by atoms with Crippen molar-refractivity contribution in [1.82, 2.24) is 9.62 Å². The molecule has 0 fully saturated rings. The molecule has 0 radical (unpaired) electrons. The Kier molecular flexibility index (Phi) is 6.11. The van der Waals surface area contributed by atoms with Gasteiger partial charge in [-0.25, -0.2) is 0 Å². The molecular formula is C15H27N3OSSi. The van der Waals surface area contributed by atoms with E-state index in [-0.39, 0.29) is 10.9 Å². The fourth-order valence-corrected chi connectivity index (χ4v) is 2.71. The summed E-state index contributed by atoms with van der Waals surface area (Å²) in [5, 5.41) is 0. The molecule has 1 heterocycles. The molecule has 0 spiro atoms. The summed E-state index contributed by atoms with van der Waals surface area (Å²) in [4.78, 5) is 6.49. The van der Waals surface area contributed by atoms with E-state index in [0.29, 0.717) is 6.67 Å². The van der Waals surface area contributed by atoms with E-state index in [1.165, 1.54) is 0 Å². The zero-order chi connectivity index (χ0) is 16.3. The molecule has 1 rings (SSSR count). The first-order valence-electron chi connectivity index (χ1n) is 7.19. The van der Waals surface area contributed by atoms with E-state index in [9.17, 15) is 4.55 Å². The molecule has 2 unspecified atom stereocenters. The molecule has 1 aliphatic rings. The SMILES string of the molecule is CC(N[S+]([O-])C(C)(C)C)N1C=CC(C#C[Si](C)(C)C)=NC1. The summed E-state index contributed by atoms with van der Waals surface area (Å²) in [6.45, 7) is 15.0. The van der Waals surface area contributed by atoms with Crippen LogP contribution in [0.1, 0.15) is 27.7 Å². The van der Waals surface area contributed by atoms with Crippen LogP contribution in [0.2, 0.25) is 19.6 Å². The topological polar surface area (TPSA) is 50.7 Å². The lowest BCUT2D eigenvalue weighted by Gasteiger charge is -2.32. The lowest BCUT2D eigenvalue weighted by Crippen LogP contribution is -2.49. The maximum Gasteiger partial charge on any atom is 0.137 e. The van der Waals surface area contributed by atoms with Crippen molar-refractivity contribution in [2.45, 2.75) is 58.2 Å². The highest BCUT2D eigenvalue weighted by molar-refractivity contribution is 7.90. The number of hydrogen-bond donors (Lipinski definition) is 1. The van der Waals surface area contributed by atoms with Crippen LogP contribution >= 0.6 is 0 Å². The predicted octanol–water partition coefficient (Wildman–Crippen LogP) is 2.49. The molecule has 118 valence electrons.